The molecule has 3 aromatic carbocycles. The van der Waals surface area contributed by atoms with Gasteiger partial charge in [-0.05, 0) is 42.0 Å². The Balaban J connectivity index is 1.44. The number of hydrogen-bond acceptors (Lipinski definition) is 6. The van der Waals surface area contributed by atoms with Crippen molar-refractivity contribution in [2.45, 2.75) is 6.54 Å². The average molecular weight is 400 g/mol. The molecule has 0 saturated heterocycles. The highest BCUT2D eigenvalue weighted by molar-refractivity contribution is 7.21. The second-order valence-corrected chi connectivity index (χ2v) is 7.72. The van der Waals surface area contributed by atoms with E-state index in [-0.39, 0.29) is 5.75 Å². The van der Waals surface area contributed by atoms with Gasteiger partial charge in [0.2, 0.25) is 0 Å². The van der Waals surface area contributed by atoms with Crippen molar-refractivity contribution in [3.8, 4) is 16.3 Å². The lowest BCUT2D eigenvalue weighted by Crippen LogP contribution is -2.05. The van der Waals surface area contributed by atoms with Crippen LogP contribution in [-0.4, -0.2) is 10.1 Å². The van der Waals surface area contributed by atoms with E-state index in [0.29, 0.717) is 12.1 Å². The summed E-state index contributed by atoms with van der Waals surface area (Å²) in [4.78, 5) is 16.6. The predicted molar refractivity (Wildman–Crippen MR) is 117 cm³/mol. The van der Waals surface area contributed by atoms with Gasteiger partial charge in [0.05, 0.1) is 10.2 Å². The maximum atomic E-state index is 11.9. The van der Waals surface area contributed by atoms with E-state index in [1.54, 1.807) is 23.5 Å². The summed E-state index contributed by atoms with van der Waals surface area (Å²) in [7, 11) is 0. The molecule has 0 bridgehead atoms. The third-order valence-corrected chi connectivity index (χ3v) is 5.79. The Morgan fingerprint density at radius 3 is 2.79 bits per heavy atom. The molecule has 5 aromatic rings. The van der Waals surface area contributed by atoms with Crippen LogP contribution >= 0.6 is 11.3 Å². The van der Waals surface area contributed by atoms with Crippen molar-refractivity contribution in [2.75, 3.05) is 5.32 Å². The molecule has 142 valence electrons. The highest BCUT2D eigenvalue weighted by Gasteiger charge is 2.09. The van der Waals surface area contributed by atoms with Gasteiger partial charge in [-0.3, -0.25) is 0 Å². The van der Waals surface area contributed by atoms with E-state index in [4.69, 9.17) is 9.40 Å². The fraction of sp³-hybridized carbons (Fsp3) is 0.0435. The van der Waals surface area contributed by atoms with Crippen LogP contribution in [-0.2, 0) is 6.54 Å². The van der Waals surface area contributed by atoms with Gasteiger partial charge in [0.1, 0.15) is 16.3 Å². The molecule has 2 aromatic heterocycles. The zero-order valence-electron chi connectivity index (χ0n) is 15.3. The zero-order valence-corrected chi connectivity index (χ0v) is 16.1. The number of para-hydroxylation sites is 1. The molecule has 5 nitrogen and oxygen atoms in total. The van der Waals surface area contributed by atoms with E-state index in [1.807, 2.05) is 36.4 Å². The summed E-state index contributed by atoms with van der Waals surface area (Å²) in [6.45, 7) is 0.455. The van der Waals surface area contributed by atoms with Crippen molar-refractivity contribution in [1.29, 1.82) is 0 Å². The number of phenols is 1. The van der Waals surface area contributed by atoms with E-state index in [0.717, 1.165) is 37.4 Å². The van der Waals surface area contributed by atoms with Gasteiger partial charge in [0.15, 0.2) is 0 Å². The molecule has 0 atom stereocenters. The predicted octanol–water partition coefficient (Wildman–Crippen LogP) is 5.39. The SMILES string of the molecule is O=c1cc(CNc2cccc(-c3nc4ccccc4s3)c2)c2ccc(O)cc2o1. The first-order valence-corrected chi connectivity index (χ1v) is 9.93. The Morgan fingerprint density at radius 1 is 1.00 bits per heavy atom. The van der Waals surface area contributed by atoms with Crippen LogP contribution < -0.4 is 10.9 Å². The molecule has 2 heterocycles. The number of hydrogen-bond donors (Lipinski definition) is 2. The minimum Gasteiger partial charge on any atom is -0.508 e. The molecule has 0 aliphatic heterocycles. The summed E-state index contributed by atoms with van der Waals surface area (Å²) in [5, 5.41) is 14.8. The Bertz CT molecular complexity index is 1370. The number of aromatic hydroxyl groups is 1. The Morgan fingerprint density at radius 2 is 1.90 bits per heavy atom. The zero-order chi connectivity index (χ0) is 19.8. The number of nitrogens with zero attached hydrogens (tertiary/aromatic N) is 1. The third kappa shape index (κ3) is 3.46. The Labute approximate surface area is 169 Å². The number of thiazole rings is 1. The summed E-state index contributed by atoms with van der Waals surface area (Å²) in [6, 6.07) is 22.4. The van der Waals surface area contributed by atoms with Crippen LogP contribution in [0.1, 0.15) is 5.56 Å². The molecular weight excluding hydrogens is 384 g/mol. The van der Waals surface area contributed by atoms with Crippen molar-refractivity contribution in [1.82, 2.24) is 4.98 Å². The molecule has 0 spiro atoms. The van der Waals surface area contributed by atoms with Crippen molar-refractivity contribution >= 4 is 38.2 Å². The molecule has 0 unspecified atom stereocenters. The smallest absolute Gasteiger partial charge is 0.336 e. The van der Waals surface area contributed by atoms with Crippen LogP contribution in [0.25, 0.3) is 31.8 Å². The lowest BCUT2D eigenvalue weighted by molar-refractivity contribution is 0.473. The van der Waals surface area contributed by atoms with Crippen molar-refractivity contribution in [2.24, 2.45) is 0 Å². The molecule has 0 aliphatic rings. The molecule has 6 heteroatoms. The molecule has 0 fully saturated rings. The van der Waals surface area contributed by atoms with Gasteiger partial charge >= 0.3 is 5.63 Å². The fourth-order valence-electron chi connectivity index (χ4n) is 3.32. The van der Waals surface area contributed by atoms with Gasteiger partial charge in [-0.15, -0.1) is 11.3 Å². The highest BCUT2D eigenvalue weighted by atomic mass is 32.1. The number of phenolic OH excluding ortho intramolecular Hbond substituents is 1. The van der Waals surface area contributed by atoms with Crippen molar-refractivity contribution in [3.05, 3.63) is 88.8 Å². The molecule has 0 amide bonds. The Kier molecular flexibility index (Phi) is 4.26. The summed E-state index contributed by atoms with van der Waals surface area (Å²) in [5.41, 5.74) is 3.71. The maximum absolute atomic E-state index is 11.9. The number of benzene rings is 3. The van der Waals surface area contributed by atoms with Crippen LogP contribution in [0.15, 0.2) is 82.0 Å². The van der Waals surface area contributed by atoms with Gasteiger partial charge in [0, 0.05) is 35.3 Å². The molecule has 0 saturated carbocycles. The lowest BCUT2D eigenvalue weighted by Gasteiger charge is -2.09. The second kappa shape index (κ2) is 7.07. The van der Waals surface area contributed by atoms with Gasteiger partial charge in [0.25, 0.3) is 0 Å². The van der Waals surface area contributed by atoms with E-state index < -0.39 is 5.63 Å². The summed E-state index contributed by atoms with van der Waals surface area (Å²) >= 11 is 1.66. The highest BCUT2D eigenvalue weighted by Crippen LogP contribution is 2.31. The van der Waals surface area contributed by atoms with Gasteiger partial charge in [-0.2, -0.15) is 0 Å². The normalized spacial score (nSPS) is 11.2. The maximum Gasteiger partial charge on any atom is 0.336 e. The molecule has 0 radical (unpaired) electrons. The van der Waals surface area contributed by atoms with Gasteiger partial charge in [-0.25, -0.2) is 9.78 Å². The topological polar surface area (TPSA) is 75.4 Å². The van der Waals surface area contributed by atoms with E-state index in [9.17, 15) is 9.90 Å². The number of fused-ring (bicyclic) bond motifs is 2. The Hall–Kier alpha value is -3.64. The first kappa shape index (κ1) is 17.5. The second-order valence-electron chi connectivity index (χ2n) is 6.69. The van der Waals surface area contributed by atoms with Gasteiger partial charge < -0.3 is 14.8 Å². The van der Waals surface area contributed by atoms with E-state index >= 15 is 0 Å². The quantitative estimate of drug-likeness (QED) is 0.396. The van der Waals surface area contributed by atoms with Crippen LogP contribution in [0.3, 0.4) is 0 Å². The summed E-state index contributed by atoms with van der Waals surface area (Å²) in [5.74, 6) is 0.0642. The minimum atomic E-state index is -0.442. The van der Waals surface area contributed by atoms with Gasteiger partial charge in [-0.1, -0.05) is 24.3 Å². The lowest BCUT2D eigenvalue weighted by atomic mass is 10.1. The van der Waals surface area contributed by atoms with Crippen molar-refractivity contribution < 1.29 is 9.52 Å². The summed E-state index contributed by atoms with van der Waals surface area (Å²) < 4.78 is 6.35. The average Bonchev–Trinajstić information content (AvgIpc) is 3.16. The van der Waals surface area contributed by atoms with Crippen LogP contribution in [0.5, 0.6) is 5.75 Å². The molecule has 2 N–H and O–H groups in total. The first-order valence-electron chi connectivity index (χ1n) is 9.11. The monoisotopic (exact) mass is 400 g/mol. The van der Waals surface area contributed by atoms with Crippen molar-refractivity contribution in [3.63, 3.8) is 0 Å². The third-order valence-electron chi connectivity index (χ3n) is 4.70. The molecular formula is C23H16N2O3S. The summed E-state index contributed by atoms with van der Waals surface area (Å²) in [6.07, 6.45) is 0. The van der Waals surface area contributed by atoms with Crippen LogP contribution in [0.2, 0.25) is 0 Å². The number of anilines is 1. The first-order chi connectivity index (χ1) is 14.2. The van der Waals surface area contributed by atoms with Crippen LogP contribution in [0, 0.1) is 0 Å². The fourth-order valence-corrected chi connectivity index (χ4v) is 4.28. The minimum absolute atomic E-state index is 0.0642. The number of nitrogens with one attached hydrogen (secondary N) is 1. The number of rotatable bonds is 4. The standard InChI is InChI=1S/C23H16N2O3S/c26-17-8-9-18-15(11-22(27)28-20(18)12-17)13-24-16-5-3-4-14(10-16)23-25-19-6-1-2-7-21(19)29-23/h1-12,24,26H,13H2. The molecule has 0 aliphatic carbocycles. The van der Waals surface area contributed by atoms with Crippen LogP contribution in [0.4, 0.5) is 5.69 Å². The van der Waals surface area contributed by atoms with E-state index in [1.165, 1.54) is 12.1 Å². The van der Waals surface area contributed by atoms with E-state index in [2.05, 4.69) is 17.4 Å². The number of aromatic nitrogens is 1. The molecule has 29 heavy (non-hydrogen) atoms. The largest absolute Gasteiger partial charge is 0.508 e. The molecule has 5 rings (SSSR count).